The van der Waals surface area contributed by atoms with E-state index >= 15 is 0 Å². The third kappa shape index (κ3) is 4.99. The molecule has 1 aliphatic carbocycles. The van der Waals surface area contributed by atoms with E-state index in [2.05, 4.69) is 4.98 Å². The number of fused-ring (bicyclic) bond motifs is 1. The molecule has 1 aliphatic heterocycles. The van der Waals surface area contributed by atoms with Gasteiger partial charge in [0.1, 0.15) is 24.2 Å². The first kappa shape index (κ1) is 25.8. The molecule has 0 radical (unpaired) electrons. The number of nitrogens with zero attached hydrogens (tertiary/aromatic N) is 3. The highest BCUT2D eigenvalue weighted by Gasteiger charge is 2.41. The van der Waals surface area contributed by atoms with Gasteiger partial charge >= 0.3 is 5.97 Å². The van der Waals surface area contributed by atoms with Crippen LogP contribution in [0, 0.1) is 12.8 Å². The summed E-state index contributed by atoms with van der Waals surface area (Å²) in [5.74, 6) is -0.253. The number of para-hydroxylation sites is 1. The predicted octanol–water partition coefficient (Wildman–Crippen LogP) is 5.76. The number of aliphatic carboxylic acids is 1. The van der Waals surface area contributed by atoms with Crippen LogP contribution >= 0.6 is 11.3 Å². The van der Waals surface area contributed by atoms with E-state index in [0.717, 1.165) is 33.7 Å². The van der Waals surface area contributed by atoms with E-state index in [0.29, 0.717) is 49.8 Å². The fraction of sp³-hybridized carbons (Fsp3) is 0.481. The lowest BCUT2D eigenvalue weighted by Crippen LogP contribution is -2.35. The van der Waals surface area contributed by atoms with Gasteiger partial charge in [0.05, 0.1) is 36.8 Å². The summed E-state index contributed by atoms with van der Waals surface area (Å²) in [7, 11) is 1.64. The van der Waals surface area contributed by atoms with Crippen molar-refractivity contribution in [2.75, 3.05) is 20.3 Å². The first-order valence-corrected chi connectivity index (χ1v) is 13.9. The standard InChI is InChI=1S/C27H31N3O8S/c1-16-23-26(39-24(16)25-28-11-14-35-25)29(38-30(37-23)20-8-7-18(20)27(31)32)15-22(36-17-9-12-34-13-10-17)19-5-3-4-6-21(19)33-2/h3-6,11,14,17-18,20,22H,7-10,12-13,15H2,1-2H3,(H,31,32)/t18?,20?,22-/m0/s1. The lowest BCUT2D eigenvalue weighted by molar-refractivity contribution is -0.158. The van der Waals surface area contributed by atoms with E-state index < -0.39 is 24.0 Å². The van der Waals surface area contributed by atoms with E-state index in [4.69, 9.17) is 27.8 Å². The molecule has 0 amide bonds. The van der Waals surface area contributed by atoms with Gasteiger partial charge in [-0.25, -0.2) is 4.98 Å². The van der Waals surface area contributed by atoms with Crippen molar-refractivity contribution in [1.29, 1.82) is 0 Å². The van der Waals surface area contributed by atoms with Crippen molar-refractivity contribution in [3.05, 3.63) is 47.9 Å². The third-order valence-corrected chi connectivity index (χ3v) is 8.72. The summed E-state index contributed by atoms with van der Waals surface area (Å²) in [4.78, 5) is 19.0. The van der Waals surface area contributed by atoms with Gasteiger partial charge in [-0.1, -0.05) is 18.2 Å². The van der Waals surface area contributed by atoms with Gasteiger partial charge in [-0.3, -0.25) is 9.42 Å². The van der Waals surface area contributed by atoms with Crippen molar-refractivity contribution in [3.63, 3.8) is 0 Å². The molecule has 1 saturated heterocycles. The number of aromatic nitrogens is 3. The molecule has 0 bridgehead atoms. The second kappa shape index (κ2) is 10.9. The van der Waals surface area contributed by atoms with Crippen LogP contribution in [0.25, 0.3) is 21.2 Å². The van der Waals surface area contributed by atoms with Crippen molar-refractivity contribution in [1.82, 2.24) is 14.6 Å². The van der Waals surface area contributed by atoms with Crippen LogP contribution in [0.15, 0.2) is 50.3 Å². The second-order valence-electron chi connectivity index (χ2n) is 9.81. The molecular formula is C27H31N3O8S. The van der Waals surface area contributed by atoms with Crippen molar-refractivity contribution >= 4 is 27.7 Å². The largest absolute Gasteiger partial charge is 0.496 e. The molecule has 3 atom stereocenters. The molecule has 4 heterocycles. The number of carboxylic acids is 1. The third-order valence-electron chi connectivity index (χ3n) is 7.46. The Morgan fingerprint density at radius 1 is 1.23 bits per heavy atom. The number of methoxy groups -OCH3 is 1. The topological polar surface area (TPSA) is 127 Å². The average Bonchev–Trinajstić information content (AvgIpc) is 3.56. The minimum absolute atomic E-state index is 0.0150. The molecule has 11 nitrogen and oxygen atoms in total. The maximum atomic E-state index is 11.8. The molecule has 12 heteroatoms. The van der Waals surface area contributed by atoms with Crippen LogP contribution < -0.4 is 4.74 Å². The Morgan fingerprint density at radius 3 is 2.74 bits per heavy atom. The van der Waals surface area contributed by atoms with Gasteiger partial charge in [-0.15, -0.1) is 11.3 Å². The molecule has 2 aliphatic rings. The molecule has 1 aromatic carbocycles. The number of carboxylic acid groups (broad SMARTS) is 1. The summed E-state index contributed by atoms with van der Waals surface area (Å²) in [5, 5.41) is 9.70. The highest BCUT2D eigenvalue weighted by atomic mass is 32.1. The van der Waals surface area contributed by atoms with Crippen LogP contribution in [-0.2, 0) is 20.8 Å². The molecule has 1 saturated carbocycles. The highest BCUT2D eigenvalue weighted by Crippen LogP contribution is 2.43. The number of oxazole rings is 1. The van der Waals surface area contributed by atoms with Crippen LogP contribution in [0.2, 0.25) is 0 Å². The Kier molecular flexibility index (Phi) is 7.24. The van der Waals surface area contributed by atoms with Gasteiger partial charge in [-0.05, 0) is 43.6 Å². The molecule has 208 valence electrons. The van der Waals surface area contributed by atoms with E-state index in [1.54, 1.807) is 18.0 Å². The van der Waals surface area contributed by atoms with Crippen LogP contribution in [0.3, 0.4) is 0 Å². The molecule has 4 aromatic rings. The van der Waals surface area contributed by atoms with Gasteiger partial charge in [0, 0.05) is 24.3 Å². The van der Waals surface area contributed by atoms with Gasteiger partial charge in [-0.2, -0.15) is 4.74 Å². The minimum Gasteiger partial charge on any atom is -0.496 e. The van der Waals surface area contributed by atoms with Crippen molar-refractivity contribution in [2.45, 2.75) is 57.4 Å². The highest BCUT2D eigenvalue weighted by molar-refractivity contribution is 7.22. The van der Waals surface area contributed by atoms with E-state index in [1.807, 2.05) is 31.2 Å². The molecule has 3 aromatic heterocycles. The number of hydrogen-bond donors (Lipinski definition) is 1. The van der Waals surface area contributed by atoms with Crippen LogP contribution in [0.5, 0.6) is 5.75 Å². The summed E-state index contributed by atoms with van der Waals surface area (Å²) in [6.45, 7) is 3.54. The lowest BCUT2D eigenvalue weighted by Gasteiger charge is -2.32. The SMILES string of the molecule is COc1ccccc1[C@H](Cn1on(C2CCC2C(=O)O)oc2c(C)c(-c3ncco3)sc21)OC1CCOCC1. The summed E-state index contributed by atoms with van der Waals surface area (Å²) >= 11 is 1.44. The molecule has 39 heavy (non-hydrogen) atoms. The van der Waals surface area contributed by atoms with Gasteiger partial charge < -0.3 is 28.3 Å². The molecule has 2 unspecified atom stereocenters. The molecular weight excluding hydrogens is 526 g/mol. The van der Waals surface area contributed by atoms with E-state index in [9.17, 15) is 9.90 Å². The van der Waals surface area contributed by atoms with Crippen molar-refractivity contribution in [3.8, 4) is 16.5 Å². The first-order valence-electron chi connectivity index (χ1n) is 13.1. The van der Waals surface area contributed by atoms with E-state index in [1.165, 1.54) is 22.5 Å². The summed E-state index contributed by atoms with van der Waals surface area (Å²) < 4.78 is 37.7. The van der Waals surface area contributed by atoms with Gasteiger partial charge in [0.25, 0.3) is 0 Å². The predicted molar refractivity (Wildman–Crippen MR) is 140 cm³/mol. The van der Waals surface area contributed by atoms with Crippen LogP contribution in [0.4, 0.5) is 0 Å². The smallest absolute Gasteiger partial charge is 0.308 e. The number of carbonyl (C=O) groups is 1. The Hall–Kier alpha value is -3.48. The Labute approximate surface area is 228 Å². The number of rotatable bonds is 9. The fourth-order valence-corrected chi connectivity index (χ4v) is 6.26. The number of hydrogen-bond acceptors (Lipinski definition) is 9. The average molecular weight is 558 g/mol. The quantitative estimate of drug-likeness (QED) is 0.273. The molecule has 1 N–H and O–H groups in total. The maximum Gasteiger partial charge on any atom is 0.308 e. The zero-order valence-corrected chi connectivity index (χ0v) is 22.6. The first-order chi connectivity index (χ1) is 19.0. The van der Waals surface area contributed by atoms with Crippen LogP contribution in [0.1, 0.15) is 49.0 Å². The summed E-state index contributed by atoms with van der Waals surface area (Å²) in [6, 6.07) is 7.36. The number of thiophene rings is 1. The van der Waals surface area contributed by atoms with Crippen molar-refractivity contribution < 1.29 is 37.7 Å². The lowest BCUT2D eigenvalue weighted by atomic mass is 9.80. The number of ether oxygens (including phenoxy) is 3. The normalized spacial score (nSPS) is 20.6. The minimum atomic E-state index is -0.868. The maximum absolute atomic E-state index is 11.8. The Balaban J connectivity index is 1.46. The molecule has 2 fully saturated rings. The van der Waals surface area contributed by atoms with Gasteiger partial charge in [0.2, 0.25) is 11.5 Å². The monoisotopic (exact) mass is 557 g/mol. The summed E-state index contributed by atoms with van der Waals surface area (Å²) in [6.07, 6.45) is 5.52. The van der Waals surface area contributed by atoms with Crippen molar-refractivity contribution in [2.24, 2.45) is 5.92 Å². The second-order valence-corrected chi connectivity index (χ2v) is 10.8. The molecule has 6 rings (SSSR count). The zero-order chi connectivity index (χ0) is 26.9. The van der Waals surface area contributed by atoms with Crippen LogP contribution in [-0.4, -0.2) is 52.1 Å². The Morgan fingerprint density at radius 2 is 2.05 bits per heavy atom. The number of aryl methyl sites for hydroxylation is 1. The van der Waals surface area contributed by atoms with E-state index in [-0.39, 0.29) is 6.10 Å². The zero-order valence-electron chi connectivity index (χ0n) is 21.8. The number of benzene rings is 1. The summed E-state index contributed by atoms with van der Waals surface area (Å²) in [5.41, 5.74) is 2.31. The van der Waals surface area contributed by atoms with Gasteiger partial charge in [0.15, 0.2) is 4.83 Å². The molecule has 0 spiro atoms. The fourth-order valence-electron chi connectivity index (χ4n) is 5.14. The Bertz CT molecular complexity index is 1470.